The predicted molar refractivity (Wildman–Crippen MR) is 129 cm³/mol. The number of benzene rings is 2. The van der Waals surface area contributed by atoms with Gasteiger partial charge in [-0.25, -0.2) is 4.39 Å². The summed E-state index contributed by atoms with van der Waals surface area (Å²) in [5.74, 6) is 0.410. The molecule has 0 aromatic heterocycles. The minimum Gasteiger partial charge on any atom is -0.342 e. The van der Waals surface area contributed by atoms with Crippen LogP contribution in [0.5, 0.6) is 0 Å². The van der Waals surface area contributed by atoms with Crippen molar-refractivity contribution < 1.29 is 14.0 Å². The number of hydrogen-bond donors (Lipinski definition) is 0. The van der Waals surface area contributed by atoms with Crippen LogP contribution in [-0.4, -0.2) is 65.8 Å². The number of likely N-dealkylation sites (tertiary alicyclic amines) is 1. The summed E-state index contributed by atoms with van der Waals surface area (Å²) in [6.45, 7) is 7.41. The molecule has 2 heterocycles. The second kappa shape index (κ2) is 9.49. The Morgan fingerprint density at radius 2 is 1.62 bits per heavy atom. The van der Waals surface area contributed by atoms with Crippen molar-refractivity contribution >= 4 is 11.8 Å². The fraction of sp³-hybridized carbons (Fsp3) is 0.500. The van der Waals surface area contributed by atoms with Crippen molar-refractivity contribution in [2.75, 3.05) is 39.3 Å². The lowest BCUT2D eigenvalue weighted by Crippen LogP contribution is -2.49. The molecule has 0 radical (unpaired) electrons. The molecule has 180 valence electrons. The van der Waals surface area contributed by atoms with Gasteiger partial charge in [0.2, 0.25) is 11.8 Å². The zero-order valence-electron chi connectivity index (χ0n) is 20.0. The van der Waals surface area contributed by atoms with E-state index in [0.29, 0.717) is 12.3 Å². The minimum atomic E-state index is -0.201. The monoisotopic (exact) mass is 463 g/mol. The molecule has 2 aliphatic heterocycles. The first-order valence-electron chi connectivity index (χ1n) is 12.5. The number of piperidine rings is 1. The van der Waals surface area contributed by atoms with Crippen LogP contribution in [0, 0.1) is 24.1 Å². The summed E-state index contributed by atoms with van der Waals surface area (Å²) < 4.78 is 13.4. The molecule has 3 aliphatic rings. The fourth-order valence-electron chi connectivity index (χ4n) is 5.80. The Kier molecular flexibility index (Phi) is 6.43. The van der Waals surface area contributed by atoms with Crippen LogP contribution in [-0.2, 0) is 22.6 Å². The maximum Gasteiger partial charge on any atom is 0.226 e. The average molecular weight is 464 g/mol. The summed E-state index contributed by atoms with van der Waals surface area (Å²) in [6, 6.07) is 14.9. The standard InChI is InChI=1S/C28H34FN3O2/c1-21-4-2-5-22(16-21)18-26(33)31-10-8-28(9-11-31)19-25(28)27(34)32-14-12-30(13-15-32)20-23-6-3-7-24(29)17-23/h2-7,16-17,25H,8-15,18-20H2,1H3/t25-/m0/s1. The summed E-state index contributed by atoms with van der Waals surface area (Å²) in [4.78, 5) is 32.3. The zero-order valence-corrected chi connectivity index (χ0v) is 20.0. The molecule has 5 nitrogen and oxygen atoms in total. The Balaban J connectivity index is 1.07. The highest BCUT2D eigenvalue weighted by molar-refractivity contribution is 5.83. The number of aryl methyl sites for hydroxylation is 1. The third-order valence-electron chi connectivity index (χ3n) is 8.02. The maximum absolute atomic E-state index is 13.4. The number of hydrogen-bond acceptors (Lipinski definition) is 3. The summed E-state index contributed by atoms with van der Waals surface area (Å²) in [5, 5.41) is 0. The van der Waals surface area contributed by atoms with E-state index in [0.717, 1.165) is 76.2 Å². The molecule has 1 aliphatic carbocycles. The Labute approximate surface area is 201 Å². The van der Waals surface area contributed by atoms with E-state index in [2.05, 4.69) is 11.0 Å². The summed E-state index contributed by atoms with van der Waals surface area (Å²) in [6.07, 6.45) is 3.29. The second-order valence-corrected chi connectivity index (χ2v) is 10.4. The first kappa shape index (κ1) is 23.0. The molecule has 1 spiro atoms. The van der Waals surface area contributed by atoms with Crippen LogP contribution in [0.25, 0.3) is 0 Å². The number of rotatable bonds is 5. The van der Waals surface area contributed by atoms with Gasteiger partial charge in [-0.15, -0.1) is 0 Å². The third kappa shape index (κ3) is 5.02. The van der Waals surface area contributed by atoms with Crippen LogP contribution in [0.15, 0.2) is 48.5 Å². The number of nitrogens with zero attached hydrogens (tertiary/aromatic N) is 3. The van der Waals surface area contributed by atoms with Gasteiger partial charge in [0.15, 0.2) is 0 Å². The van der Waals surface area contributed by atoms with Gasteiger partial charge in [-0.05, 0) is 54.9 Å². The van der Waals surface area contributed by atoms with Crippen LogP contribution in [0.3, 0.4) is 0 Å². The second-order valence-electron chi connectivity index (χ2n) is 10.4. The first-order valence-corrected chi connectivity index (χ1v) is 12.5. The Hall–Kier alpha value is -2.73. The van der Waals surface area contributed by atoms with Gasteiger partial charge >= 0.3 is 0 Å². The molecule has 2 amide bonds. The largest absolute Gasteiger partial charge is 0.342 e. The smallest absolute Gasteiger partial charge is 0.226 e. The molecule has 2 aromatic rings. The van der Waals surface area contributed by atoms with Crippen molar-refractivity contribution in [2.24, 2.45) is 11.3 Å². The van der Waals surface area contributed by atoms with E-state index < -0.39 is 0 Å². The quantitative estimate of drug-likeness (QED) is 0.680. The Morgan fingerprint density at radius 1 is 0.912 bits per heavy atom. The summed E-state index contributed by atoms with van der Waals surface area (Å²) in [5.41, 5.74) is 3.33. The molecule has 2 aromatic carbocycles. The molecule has 0 N–H and O–H groups in total. The van der Waals surface area contributed by atoms with Crippen molar-refractivity contribution in [3.63, 3.8) is 0 Å². The van der Waals surface area contributed by atoms with Crippen molar-refractivity contribution in [3.8, 4) is 0 Å². The normalized spacial score (nSPS) is 22.1. The SMILES string of the molecule is Cc1cccc(CC(=O)N2CCC3(CC2)C[C@H]3C(=O)N2CCN(Cc3cccc(F)c3)CC2)c1. The molecule has 1 atom stereocenters. The van der Waals surface area contributed by atoms with E-state index in [1.54, 1.807) is 12.1 Å². The van der Waals surface area contributed by atoms with E-state index >= 15 is 0 Å². The topological polar surface area (TPSA) is 43.9 Å². The van der Waals surface area contributed by atoms with E-state index in [4.69, 9.17) is 0 Å². The van der Waals surface area contributed by atoms with Gasteiger partial charge in [0, 0.05) is 51.7 Å². The molecular weight excluding hydrogens is 429 g/mol. The molecule has 0 unspecified atom stereocenters. The van der Waals surface area contributed by atoms with Crippen LogP contribution in [0.2, 0.25) is 0 Å². The highest BCUT2D eigenvalue weighted by atomic mass is 19.1. The highest BCUT2D eigenvalue weighted by Crippen LogP contribution is 2.60. The molecule has 3 fully saturated rings. The molecule has 2 saturated heterocycles. The van der Waals surface area contributed by atoms with Gasteiger partial charge in [-0.1, -0.05) is 42.0 Å². The van der Waals surface area contributed by atoms with Crippen LogP contribution in [0.4, 0.5) is 4.39 Å². The lowest BCUT2D eigenvalue weighted by Gasteiger charge is -2.36. The van der Waals surface area contributed by atoms with E-state index in [1.165, 1.54) is 11.6 Å². The van der Waals surface area contributed by atoms with Gasteiger partial charge in [-0.2, -0.15) is 0 Å². The zero-order chi connectivity index (χ0) is 23.7. The number of carbonyl (C=O) groups excluding carboxylic acids is 2. The molecule has 6 heteroatoms. The van der Waals surface area contributed by atoms with Crippen molar-refractivity contribution in [3.05, 3.63) is 71.0 Å². The summed E-state index contributed by atoms with van der Waals surface area (Å²) >= 11 is 0. The number of halogens is 1. The van der Waals surface area contributed by atoms with E-state index in [-0.39, 0.29) is 23.1 Å². The van der Waals surface area contributed by atoms with Crippen LogP contribution < -0.4 is 0 Å². The fourth-order valence-corrected chi connectivity index (χ4v) is 5.80. The number of amides is 2. The Bertz CT molecular complexity index is 1060. The van der Waals surface area contributed by atoms with Gasteiger partial charge in [0.25, 0.3) is 0 Å². The van der Waals surface area contributed by atoms with E-state index in [1.807, 2.05) is 41.0 Å². The van der Waals surface area contributed by atoms with Crippen molar-refractivity contribution in [2.45, 2.75) is 39.2 Å². The van der Waals surface area contributed by atoms with Crippen molar-refractivity contribution in [1.82, 2.24) is 14.7 Å². The lowest BCUT2D eigenvalue weighted by molar-refractivity contribution is -0.136. The van der Waals surface area contributed by atoms with Gasteiger partial charge in [0.05, 0.1) is 6.42 Å². The molecule has 0 bridgehead atoms. The maximum atomic E-state index is 13.4. The lowest BCUT2D eigenvalue weighted by atomic mass is 9.90. The number of piperazine rings is 1. The molecular formula is C28H34FN3O2. The minimum absolute atomic E-state index is 0.107. The first-order chi connectivity index (χ1) is 16.4. The third-order valence-corrected chi connectivity index (χ3v) is 8.02. The van der Waals surface area contributed by atoms with Crippen LogP contribution in [0.1, 0.15) is 36.0 Å². The molecule has 1 saturated carbocycles. The van der Waals surface area contributed by atoms with Gasteiger partial charge < -0.3 is 9.80 Å². The van der Waals surface area contributed by atoms with Crippen LogP contribution >= 0.6 is 0 Å². The van der Waals surface area contributed by atoms with Gasteiger partial charge in [-0.3, -0.25) is 14.5 Å². The molecule has 5 rings (SSSR count). The molecule has 34 heavy (non-hydrogen) atoms. The van der Waals surface area contributed by atoms with E-state index in [9.17, 15) is 14.0 Å². The van der Waals surface area contributed by atoms with Gasteiger partial charge in [0.1, 0.15) is 5.82 Å². The highest BCUT2D eigenvalue weighted by Gasteiger charge is 2.59. The van der Waals surface area contributed by atoms with Crippen molar-refractivity contribution in [1.29, 1.82) is 0 Å². The predicted octanol–water partition coefficient (Wildman–Crippen LogP) is 3.65. The average Bonchev–Trinajstić information content (AvgIpc) is 3.52. The Morgan fingerprint density at radius 3 is 2.32 bits per heavy atom. The summed E-state index contributed by atoms with van der Waals surface area (Å²) in [7, 11) is 0. The number of carbonyl (C=O) groups is 2.